The van der Waals surface area contributed by atoms with Gasteiger partial charge in [0.25, 0.3) is 0 Å². The lowest BCUT2D eigenvalue weighted by molar-refractivity contribution is -0.145. The van der Waals surface area contributed by atoms with Crippen molar-refractivity contribution in [3.63, 3.8) is 0 Å². The largest absolute Gasteiger partial charge is 0.481 e. The van der Waals surface area contributed by atoms with Gasteiger partial charge in [0.2, 0.25) is 0 Å². The number of nitrogens with zero attached hydrogens (tertiary/aromatic N) is 1. The van der Waals surface area contributed by atoms with Gasteiger partial charge in [-0.3, -0.25) is 4.79 Å². The lowest BCUT2D eigenvalue weighted by Crippen LogP contribution is -2.46. The van der Waals surface area contributed by atoms with Crippen LogP contribution in [-0.2, 0) is 4.79 Å². The first-order chi connectivity index (χ1) is 7.50. The van der Waals surface area contributed by atoms with Gasteiger partial charge >= 0.3 is 5.97 Å². The van der Waals surface area contributed by atoms with Crippen molar-refractivity contribution in [3.8, 4) is 0 Å². The van der Waals surface area contributed by atoms with Crippen LogP contribution >= 0.6 is 0 Å². The van der Waals surface area contributed by atoms with Crippen LogP contribution in [0, 0.1) is 5.92 Å². The summed E-state index contributed by atoms with van der Waals surface area (Å²) in [5.41, 5.74) is -0.669. The van der Waals surface area contributed by atoms with Crippen molar-refractivity contribution in [1.29, 1.82) is 0 Å². The molecule has 1 aliphatic carbocycles. The van der Waals surface area contributed by atoms with Gasteiger partial charge in [-0.1, -0.05) is 13.8 Å². The number of carbonyl (C=O) groups is 1. The van der Waals surface area contributed by atoms with E-state index in [0.29, 0.717) is 32.2 Å². The van der Waals surface area contributed by atoms with Gasteiger partial charge in [-0.05, 0) is 38.8 Å². The minimum Gasteiger partial charge on any atom is -0.481 e. The highest BCUT2D eigenvalue weighted by atomic mass is 16.4. The summed E-state index contributed by atoms with van der Waals surface area (Å²) in [4.78, 5) is 13.0. The predicted molar refractivity (Wildman–Crippen MR) is 62.3 cm³/mol. The molecule has 4 nitrogen and oxygen atoms in total. The summed E-state index contributed by atoms with van der Waals surface area (Å²) in [5, 5.41) is 19.3. The number of aliphatic hydroxyl groups is 1. The maximum Gasteiger partial charge on any atom is 0.306 e. The predicted octanol–water partition coefficient (Wildman–Crippen LogP) is 1.33. The Balaban J connectivity index is 2.46. The third-order valence-electron chi connectivity index (χ3n) is 3.68. The molecule has 0 bridgehead atoms. The average Bonchev–Trinajstić information content (AvgIpc) is 2.26. The second-order valence-corrected chi connectivity index (χ2v) is 4.80. The first-order valence-electron chi connectivity index (χ1n) is 6.18. The lowest BCUT2D eigenvalue weighted by atomic mass is 9.78. The van der Waals surface area contributed by atoms with E-state index in [0.717, 1.165) is 13.1 Å². The number of carboxylic acid groups (broad SMARTS) is 1. The van der Waals surface area contributed by atoms with Gasteiger partial charge in [-0.15, -0.1) is 0 Å². The van der Waals surface area contributed by atoms with Gasteiger partial charge in [0, 0.05) is 6.54 Å². The molecule has 0 unspecified atom stereocenters. The molecule has 0 spiro atoms. The van der Waals surface area contributed by atoms with Crippen LogP contribution in [0.1, 0.15) is 39.5 Å². The van der Waals surface area contributed by atoms with Gasteiger partial charge in [0.1, 0.15) is 0 Å². The fourth-order valence-electron chi connectivity index (χ4n) is 2.42. The molecule has 0 amide bonds. The summed E-state index contributed by atoms with van der Waals surface area (Å²) >= 11 is 0. The third-order valence-corrected chi connectivity index (χ3v) is 3.68. The molecule has 0 aromatic rings. The summed E-state index contributed by atoms with van der Waals surface area (Å²) < 4.78 is 0. The number of hydrogen-bond acceptors (Lipinski definition) is 3. The molecule has 0 atom stereocenters. The molecule has 0 aromatic heterocycles. The van der Waals surface area contributed by atoms with E-state index in [1.165, 1.54) is 0 Å². The zero-order valence-electron chi connectivity index (χ0n) is 10.3. The number of aliphatic carboxylic acids is 1. The van der Waals surface area contributed by atoms with Gasteiger partial charge in [-0.25, -0.2) is 0 Å². The summed E-state index contributed by atoms with van der Waals surface area (Å²) in [6, 6.07) is 0. The van der Waals surface area contributed by atoms with Crippen molar-refractivity contribution >= 4 is 5.97 Å². The molecular weight excluding hydrogens is 206 g/mol. The second kappa shape index (κ2) is 5.64. The molecule has 4 heteroatoms. The molecule has 0 saturated heterocycles. The monoisotopic (exact) mass is 229 g/mol. The van der Waals surface area contributed by atoms with Crippen LogP contribution in [0.25, 0.3) is 0 Å². The zero-order chi connectivity index (χ0) is 12.2. The molecule has 1 rings (SSSR count). The smallest absolute Gasteiger partial charge is 0.306 e. The molecule has 2 N–H and O–H groups in total. The molecule has 16 heavy (non-hydrogen) atoms. The molecule has 94 valence electrons. The van der Waals surface area contributed by atoms with Crippen molar-refractivity contribution < 1.29 is 15.0 Å². The second-order valence-electron chi connectivity index (χ2n) is 4.80. The van der Waals surface area contributed by atoms with Gasteiger partial charge in [0.05, 0.1) is 11.5 Å². The number of hydrogen-bond donors (Lipinski definition) is 2. The van der Waals surface area contributed by atoms with Crippen molar-refractivity contribution in [3.05, 3.63) is 0 Å². The average molecular weight is 229 g/mol. The molecule has 0 heterocycles. The fourth-order valence-corrected chi connectivity index (χ4v) is 2.42. The van der Waals surface area contributed by atoms with Crippen molar-refractivity contribution in [1.82, 2.24) is 4.90 Å². The van der Waals surface area contributed by atoms with Gasteiger partial charge in [0.15, 0.2) is 0 Å². The van der Waals surface area contributed by atoms with Crippen molar-refractivity contribution in [2.45, 2.75) is 45.1 Å². The van der Waals surface area contributed by atoms with E-state index in [4.69, 9.17) is 5.11 Å². The summed E-state index contributed by atoms with van der Waals surface area (Å²) in [7, 11) is 0. The lowest BCUT2D eigenvalue weighted by Gasteiger charge is -2.38. The van der Waals surface area contributed by atoms with E-state index >= 15 is 0 Å². The fraction of sp³-hybridized carbons (Fsp3) is 0.917. The first-order valence-corrected chi connectivity index (χ1v) is 6.18. The topological polar surface area (TPSA) is 60.8 Å². The van der Waals surface area contributed by atoms with Crippen LogP contribution in [0.2, 0.25) is 0 Å². The molecule has 1 fully saturated rings. The van der Waals surface area contributed by atoms with E-state index in [-0.39, 0.29) is 5.92 Å². The molecule has 1 aliphatic rings. The Morgan fingerprint density at radius 3 is 2.19 bits per heavy atom. The van der Waals surface area contributed by atoms with E-state index < -0.39 is 11.6 Å². The maximum absolute atomic E-state index is 10.8. The molecule has 0 aromatic carbocycles. The minimum absolute atomic E-state index is 0.253. The molecule has 0 radical (unpaired) electrons. The Labute approximate surface area is 97.3 Å². The van der Waals surface area contributed by atoms with Crippen LogP contribution in [0.4, 0.5) is 0 Å². The van der Waals surface area contributed by atoms with E-state index in [2.05, 4.69) is 18.7 Å². The summed E-state index contributed by atoms with van der Waals surface area (Å²) in [5.74, 6) is -0.970. The van der Waals surface area contributed by atoms with Crippen molar-refractivity contribution in [2.24, 2.45) is 5.92 Å². The number of rotatable bonds is 5. The Bertz CT molecular complexity index is 230. The highest BCUT2D eigenvalue weighted by Crippen LogP contribution is 2.32. The van der Waals surface area contributed by atoms with Gasteiger partial charge in [-0.2, -0.15) is 0 Å². The number of carboxylic acids is 1. The Hall–Kier alpha value is -0.610. The standard InChI is InChI=1S/C12H23NO3/c1-3-13(4-2)9-12(16)7-5-10(6-8-12)11(14)15/h10,16H,3-9H2,1-2H3,(H,14,15). The van der Waals surface area contributed by atoms with Crippen molar-refractivity contribution in [2.75, 3.05) is 19.6 Å². The summed E-state index contributed by atoms with van der Waals surface area (Å²) in [6.07, 6.45) is 2.43. The number of likely N-dealkylation sites (N-methyl/N-ethyl adjacent to an activating group) is 1. The quantitative estimate of drug-likeness (QED) is 0.746. The van der Waals surface area contributed by atoms with E-state index in [1.54, 1.807) is 0 Å². The summed E-state index contributed by atoms with van der Waals surface area (Å²) in [6.45, 7) is 6.69. The molecule has 0 aliphatic heterocycles. The Kier molecular flexibility index (Phi) is 4.74. The van der Waals surface area contributed by atoms with E-state index in [9.17, 15) is 9.90 Å². The van der Waals surface area contributed by atoms with Crippen LogP contribution in [0.15, 0.2) is 0 Å². The maximum atomic E-state index is 10.8. The Morgan fingerprint density at radius 2 is 1.81 bits per heavy atom. The SMILES string of the molecule is CCN(CC)CC1(O)CCC(C(=O)O)CC1. The van der Waals surface area contributed by atoms with Crippen LogP contribution < -0.4 is 0 Å². The van der Waals surface area contributed by atoms with Gasteiger partial charge < -0.3 is 15.1 Å². The van der Waals surface area contributed by atoms with Crippen LogP contribution in [0.3, 0.4) is 0 Å². The van der Waals surface area contributed by atoms with E-state index in [1.807, 2.05) is 0 Å². The van der Waals surface area contributed by atoms with Crippen LogP contribution in [0.5, 0.6) is 0 Å². The minimum atomic E-state index is -0.718. The normalized spacial score (nSPS) is 30.6. The zero-order valence-corrected chi connectivity index (χ0v) is 10.3. The van der Waals surface area contributed by atoms with Crippen LogP contribution in [-0.4, -0.2) is 46.3 Å². The molecule has 1 saturated carbocycles. The highest BCUT2D eigenvalue weighted by molar-refractivity contribution is 5.70. The Morgan fingerprint density at radius 1 is 1.31 bits per heavy atom. The molecular formula is C12H23NO3. The third kappa shape index (κ3) is 3.46. The highest BCUT2D eigenvalue weighted by Gasteiger charge is 2.36. The first kappa shape index (κ1) is 13.5.